The highest BCUT2D eigenvalue weighted by Gasteiger charge is 2.28. The predicted octanol–water partition coefficient (Wildman–Crippen LogP) is 2.24. The lowest BCUT2D eigenvalue weighted by molar-refractivity contribution is -0.384. The van der Waals surface area contributed by atoms with Crippen molar-refractivity contribution in [3.05, 3.63) is 38.9 Å². The van der Waals surface area contributed by atoms with Gasteiger partial charge in [0.1, 0.15) is 0 Å². The van der Waals surface area contributed by atoms with Crippen molar-refractivity contribution in [3.8, 4) is 0 Å². The SMILES string of the molecule is O=C(c1cc([N+](=O)[O-])ccc1Cl)N1CCCC[C@H]1CO. The van der Waals surface area contributed by atoms with Gasteiger partial charge in [0.25, 0.3) is 11.6 Å². The summed E-state index contributed by atoms with van der Waals surface area (Å²) >= 11 is 5.97. The van der Waals surface area contributed by atoms with E-state index in [4.69, 9.17) is 11.6 Å². The molecule has 1 heterocycles. The average molecular weight is 299 g/mol. The lowest BCUT2D eigenvalue weighted by atomic mass is 10.0. The molecule has 1 amide bonds. The molecule has 1 saturated heterocycles. The van der Waals surface area contributed by atoms with Crippen LogP contribution in [0.2, 0.25) is 5.02 Å². The number of nitro groups is 1. The second-order valence-corrected chi connectivity index (χ2v) is 5.16. The van der Waals surface area contributed by atoms with Crippen molar-refractivity contribution in [2.75, 3.05) is 13.2 Å². The van der Waals surface area contributed by atoms with Crippen LogP contribution in [-0.4, -0.2) is 40.0 Å². The minimum atomic E-state index is -0.563. The first-order valence-electron chi connectivity index (χ1n) is 6.40. The van der Waals surface area contributed by atoms with Gasteiger partial charge in [0.05, 0.1) is 28.2 Å². The number of aliphatic hydroxyl groups excluding tert-OH is 1. The van der Waals surface area contributed by atoms with E-state index in [0.717, 1.165) is 19.3 Å². The highest BCUT2D eigenvalue weighted by atomic mass is 35.5. The van der Waals surface area contributed by atoms with Crippen LogP contribution in [0, 0.1) is 10.1 Å². The Morgan fingerprint density at radius 3 is 2.90 bits per heavy atom. The molecular weight excluding hydrogens is 284 g/mol. The van der Waals surface area contributed by atoms with Crippen molar-refractivity contribution in [1.29, 1.82) is 0 Å². The maximum atomic E-state index is 12.5. The van der Waals surface area contributed by atoms with Gasteiger partial charge in [-0.2, -0.15) is 0 Å². The summed E-state index contributed by atoms with van der Waals surface area (Å²) in [4.78, 5) is 24.2. The number of hydrogen-bond acceptors (Lipinski definition) is 4. The number of carbonyl (C=O) groups excluding carboxylic acids is 1. The third kappa shape index (κ3) is 2.91. The summed E-state index contributed by atoms with van der Waals surface area (Å²) in [5, 5.41) is 20.3. The zero-order valence-electron chi connectivity index (χ0n) is 10.8. The molecule has 1 aromatic carbocycles. The van der Waals surface area contributed by atoms with Crippen LogP contribution in [0.15, 0.2) is 18.2 Å². The average Bonchev–Trinajstić information content (AvgIpc) is 2.46. The first kappa shape index (κ1) is 14.7. The Labute approximate surface area is 121 Å². The molecule has 1 fully saturated rings. The summed E-state index contributed by atoms with van der Waals surface area (Å²) in [6.45, 7) is 0.418. The van der Waals surface area contributed by atoms with Crippen LogP contribution in [0.1, 0.15) is 29.6 Å². The fraction of sp³-hybridized carbons (Fsp3) is 0.462. The van der Waals surface area contributed by atoms with Gasteiger partial charge in [0.2, 0.25) is 0 Å². The minimum absolute atomic E-state index is 0.112. The molecule has 0 saturated carbocycles. The molecule has 0 aromatic heterocycles. The van der Waals surface area contributed by atoms with Gasteiger partial charge in [-0.15, -0.1) is 0 Å². The molecule has 108 valence electrons. The Kier molecular flexibility index (Phi) is 4.57. The molecule has 1 atom stereocenters. The summed E-state index contributed by atoms with van der Waals surface area (Å²) in [5.41, 5.74) is -0.0588. The fourth-order valence-corrected chi connectivity index (χ4v) is 2.60. The Morgan fingerprint density at radius 2 is 2.25 bits per heavy atom. The molecule has 1 aromatic rings. The van der Waals surface area contributed by atoms with Gasteiger partial charge in [-0.3, -0.25) is 14.9 Å². The zero-order chi connectivity index (χ0) is 14.7. The fourth-order valence-electron chi connectivity index (χ4n) is 2.40. The molecular formula is C13H15ClN2O4. The third-order valence-corrected chi connectivity index (χ3v) is 3.82. The molecule has 6 nitrogen and oxygen atoms in total. The molecule has 1 N–H and O–H groups in total. The first-order chi connectivity index (χ1) is 9.54. The highest BCUT2D eigenvalue weighted by Crippen LogP contribution is 2.26. The summed E-state index contributed by atoms with van der Waals surface area (Å²) in [6.07, 6.45) is 2.54. The molecule has 2 rings (SSSR count). The summed E-state index contributed by atoms with van der Waals surface area (Å²) in [7, 11) is 0. The van der Waals surface area contributed by atoms with Gasteiger partial charge < -0.3 is 10.0 Å². The van der Waals surface area contributed by atoms with E-state index in [9.17, 15) is 20.0 Å². The lowest BCUT2D eigenvalue weighted by Crippen LogP contribution is -2.45. The molecule has 0 spiro atoms. The number of carbonyl (C=O) groups is 1. The number of aliphatic hydroxyl groups is 1. The second-order valence-electron chi connectivity index (χ2n) is 4.75. The van der Waals surface area contributed by atoms with Gasteiger partial charge in [-0.1, -0.05) is 11.6 Å². The molecule has 0 aliphatic carbocycles. The van der Waals surface area contributed by atoms with E-state index >= 15 is 0 Å². The van der Waals surface area contributed by atoms with E-state index in [2.05, 4.69) is 0 Å². The van der Waals surface area contributed by atoms with Gasteiger partial charge in [-0.25, -0.2) is 0 Å². The third-order valence-electron chi connectivity index (χ3n) is 3.49. The van der Waals surface area contributed by atoms with Crippen molar-refractivity contribution in [1.82, 2.24) is 4.90 Å². The number of halogens is 1. The number of likely N-dealkylation sites (tertiary alicyclic amines) is 1. The molecule has 1 aliphatic rings. The molecule has 1 aliphatic heterocycles. The van der Waals surface area contributed by atoms with Crippen LogP contribution in [0.25, 0.3) is 0 Å². The van der Waals surface area contributed by atoms with Crippen LogP contribution in [0.4, 0.5) is 5.69 Å². The lowest BCUT2D eigenvalue weighted by Gasteiger charge is -2.34. The van der Waals surface area contributed by atoms with E-state index in [1.165, 1.54) is 18.2 Å². The van der Waals surface area contributed by atoms with Crippen LogP contribution >= 0.6 is 11.6 Å². The summed E-state index contributed by atoms with van der Waals surface area (Å²) < 4.78 is 0. The Morgan fingerprint density at radius 1 is 1.50 bits per heavy atom. The van der Waals surface area contributed by atoms with Crippen molar-refractivity contribution >= 4 is 23.2 Å². The van der Waals surface area contributed by atoms with Crippen LogP contribution in [0.3, 0.4) is 0 Å². The van der Waals surface area contributed by atoms with Crippen LogP contribution < -0.4 is 0 Å². The quantitative estimate of drug-likeness (QED) is 0.685. The molecule has 0 bridgehead atoms. The maximum Gasteiger partial charge on any atom is 0.270 e. The Hall–Kier alpha value is -1.66. The first-order valence-corrected chi connectivity index (χ1v) is 6.78. The van der Waals surface area contributed by atoms with Crippen LogP contribution in [0.5, 0.6) is 0 Å². The number of hydrogen-bond donors (Lipinski definition) is 1. The number of nitro benzene ring substituents is 1. The zero-order valence-corrected chi connectivity index (χ0v) is 11.5. The van der Waals surface area contributed by atoms with Crippen molar-refractivity contribution in [2.45, 2.75) is 25.3 Å². The normalized spacial score (nSPS) is 18.9. The summed E-state index contributed by atoms with van der Waals surface area (Å²) in [6, 6.07) is 3.56. The highest BCUT2D eigenvalue weighted by molar-refractivity contribution is 6.33. The largest absolute Gasteiger partial charge is 0.394 e. The van der Waals surface area contributed by atoms with Crippen LogP contribution in [-0.2, 0) is 0 Å². The number of piperidine rings is 1. The van der Waals surface area contributed by atoms with E-state index in [1.54, 1.807) is 4.90 Å². The monoisotopic (exact) mass is 298 g/mol. The van der Waals surface area contributed by atoms with Gasteiger partial charge in [0.15, 0.2) is 0 Å². The molecule has 7 heteroatoms. The Bertz CT molecular complexity index is 535. The minimum Gasteiger partial charge on any atom is -0.394 e. The van der Waals surface area contributed by atoms with E-state index in [1.807, 2.05) is 0 Å². The van der Waals surface area contributed by atoms with E-state index in [-0.39, 0.29) is 34.8 Å². The number of nitrogens with zero attached hydrogens (tertiary/aromatic N) is 2. The molecule has 0 radical (unpaired) electrons. The van der Waals surface area contributed by atoms with E-state index in [0.29, 0.717) is 6.54 Å². The van der Waals surface area contributed by atoms with Crippen molar-refractivity contribution in [3.63, 3.8) is 0 Å². The van der Waals surface area contributed by atoms with E-state index < -0.39 is 4.92 Å². The summed E-state index contributed by atoms with van der Waals surface area (Å²) in [5.74, 6) is -0.363. The standard InChI is InChI=1S/C13H15ClN2O4/c14-12-5-4-9(16(19)20)7-11(12)13(18)15-6-2-1-3-10(15)8-17/h4-5,7,10,17H,1-3,6,8H2/t10-/m0/s1. The topological polar surface area (TPSA) is 83.7 Å². The number of non-ortho nitro benzene ring substituents is 1. The van der Waals surface area contributed by atoms with Gasteiger partial charge in [0, 0.05) is 18.7 Å². The number of rotatable bonds is 3. The van der Waals surface area contributed by atoms with Crippen molar-refractivity contribution < 1.29 is 14.8 Å². The predicted molar refractivity (Wildman–Crippen MR) is 73.9 cm³/mol. The number of benzene rings is 1. The van der Waals surface area contributed by atoms with Crippen molar-refractivity contribution in [2.24, 2.45) is 0 Å². The van der Waals surface area contributed by atoms with Gasteiger partial charge >= 0.3 is 0 Å². The molecule has 20 heavy (non-hydrogen) atoms. The second kappa shape index (κ2) is 6.19. The van der Waals surface area contributed by atoms with Gasteiger partial charge in [-0.05, 0) is 25.3 Å². The maximum absolute atomic E-state index is 12.5. The number of amides is 1. The Balaban J connectivity index is 2.32. The molecule has 0 unspecified atom stereocenters. The smallest absolute Gasteiger partial charge is 0.270 e.